The molecule has 1 aliphatic carbocycles. The van der Waals surface area contributed by atoms with Gasteiger partial charge in [-0.05, 0) is 105 Å². The van der Waals surface area contributed by atoms with Gasteiger partial charge in [0.25, 0.3) is 0 Å². The maximum Gasteiger partial charge on any atom is 0.171 e. The summed E-state index contributed by atoms with van der Waals surface area (Å²) in [7, 11) is 3.37. The molecule has 0 aliphatic heterocycles. The first kappa shape index (κ1) is 31.9. The maximum atomic E-state index is 15.5. The second kappa shape index (κ2) is 13.7. The molecular weight excluding hydrogens is 601 g/mol. The van der Waals surface area contributed by atoms with Gasteiger partial charge in [-0.15, -0.1) is 0 Å². The zero-order valence-corrected chi connectivity index (χ0v) is 26.6. The predicted octanol–water partition coefficient (Wildman–Crippen LogP) is 9.68. The summed E-state index contributed by atoms with van der Waals surface area (Å²) in [6.45, 7) is 3.51. The summed E-state index contributed by atoms with van der Waals surface area (Å²) < 4.78 is 41.5. The van der Waals surface area contributed by atoms with E-state index in [2.05, 4.69) is 53.3 Å². The number of hydrogen-bond acceptors (Lipinski definition) is 6. The molecule has 3 aromatic carbocycles. The van der Waals surface area contributed by atoms with Gasteiger partial charge in [0.05, 0.1) is 30.2 Å². The number of aryl methyl sites for hydroxylation is 1. The van der Waals surface area contributed by atoms with Gasteiger partial charge in [0, 0.05) is 40.9 Å². The Morgan fingerprint density at radius 3 is 2.07 bits per heavy atom. The fourth-order valence-corrected chi connectivity index (χ4v) is 5.35. The van der Waals surface area contributed by atoms with Crippen molar-refractivity contribution in [1.29, 1.82) is 10.7 Å². The van der Waals surface area contributed by atoms with E-state index in [1.54, 1.807) is 30.9 Å². The lowest BCUT2D eigenvalue weighted by Crippen LogP contribution is -2.23. The van der Waals surface area contributed by atoms with Gasteiger partial charge in [-0.2, -0.15) is 5.26 Å². The van der Waals surface area contributed by atoms with E-state index in [9.17, 15) is 0 Å². The van der Waals surface area contributed by atoms with E-state index >= 15 is 8.78 Å². The molecule has 0 spiro atoms. The second-order valence-electron chi connectivity index (χ2n) is 10.7. The van der Waals surface area contributed by atoms with Gasteiger partial charge in [0.15, 0.2) is 11.7 Å². The van der Waals surface area contributed by atoms with Crippen LogP contribution >= 0.6 is 12.8 Å². The van der Waals surface area contributed by atoms with Crippen LogP contribution in [0.3, 0.4) is 0 Å². The minimum atomic E-state index is -1.22. The number of ether oxygens (including phenoxy) is 1. The standard InChI is InChI=1S/C37H31F2N5OS/c1-23-5-10-27(11-6-23)44(29-15-18-30(45-4)19-16-29)28-13-8-25(9-14-28)7-12-26-17-20-32(43(26)3)33-35(39)34(38)31(21-24(2)22-40)36(41)37(33)42-46/h5-21,41,46H,1-4H3/b12-7+,24-21-,41-36?,42-37-. The topological polar surface area (TPSA) is 77.4 Å². The smallest absolute Gasteiger partial charge is 0.171 e. The minimum absolute atomic E-state index is 0.124. The Morgan fingerprint density at radius 2 is 1.50 bits per heavy atom. The molecule has 0 unspecified atom stereocenters. The number of benzene rings is 3. The second-order valence-corrected chi connectivity index (χ2v) is 10.9. The minimum Gasteiger partial charge on any atom is -0.497 e. The fraction of sp³-hybridized carbons (Fsp3) is 0.108. The summed E-state index contributed by atoms with van der Waals surface area (Å²) in [6.07, 6.45) is 4.94. The third-order valence-corrected chi connectivity index (χ3v) is 7.87. The molecule has 0 amide bonds. The molecule has 46 heavy (non-hydrogen) atoms. The Hall–Kier alpha value is -5.46. The summed E-state index contributed by atoms with van der Waals surface area (Å²) in [5, 5.41) is 17.5. The van der Waals surface area contributed by atoms with E-state index in [1.165, 1.54) is 12.5 Å². The summed E-state index contributed by atoms with van der Waals surface area (Å²) in [5.74, 6) is -1.60. The highest BCUT2D eigenvalue weighted by Crippen LogP contribution is 2.38. The van der Waals surface area contributed by atoms with Crippen molar-refractivity contribution in [3.8, 4) is 11.8 Å². The van der Waals surface area contributed by atoms with Gasteiger partial charge in [0.2, 0.25) is 0 Å². The summed E-state index contributed by atoms with van der Waals surface area (Å²) in [6, 6.07) is 29.6. The van der Waals surface area contributed by atoms with E-state index in [-0.39, 0.29) is 28.1 Å². The fourth-order valence-electron chi connectivity index (χ4n) is 5.15. The number of rotatable bonds is 8. The lowest BCUT2D eigenvalue weighted by molar-refractivity contribution is 0.415. The summed E-state index contributed by atoms with van der Waals surface area (Å²) >= 11 is 3.95. The highest BCUT2D eigenvalue weighted by atomic mass is 32.1. The van der Waals surface area contributed by atoms with Crippen molar-refractivity contribution in [2.75, 3.05) is 12.0 Å². The molecule has 1 aromatic heterocycles. The Bertz CT molecular complexity index is 1990. The monoisotopic (exact) mass is 631 g/mol. The molecule has 0 fully saturated rings. The summed E-state index contributed by atoms with van der Waals surface area (Å²) in [5.41, 5.74) is 5.27. The molecule has 1 N–H and O–H groups in total. The van der Waals surface area contributed by atoms with E-state index < -0.39 is 11.7 Å². The number of nitrogens with zero attached hydrogens (tertiary/aromatic N) is 4. The van der Waals surface area contributed by atoms with Crippen LogP contribution in [0, 0.1) is 23.7 Å². The van der Waals surface area contributed by atoms with Crippen LogP contribution < -0.4 is 9.64 Å². The zero-order chi connectivity index (χ0) is 33.0. The number of nitrogens with one attached hydrogen (secondary N) is 1. The van der Waals surface area contributed by atoms with Gasteiger partial charge in [-0.25, -0.2) is 13.2 Å². The van der Waals surface area contributed by atoms with Gasteiger partial charge < -0.3 is 14.2 Å². The Kier molecular flexibility index (Phi) is 9.50. The predicted molar refractivity (Wildman–Crippen MR) is 186 cm³/mol. The molecule has 230 valence electrons. The number of allylic oxidation sites excluding steroid dienone is 6. The van der Waals surface area contributed by atoms with Crippen LogP contribution in [0.25, 0.3) is 17.7 Å². The van der Waals surface area contributed by atoms with E-state index in [1.807, 2.05) is 66.8 Å². The number of anilines is 3. The van der Waals surface area contributed by atoms with Crippen molar-refractivity contribution < 1.29 is 13.5 Å². The van der Waals surface area contributed by atoms with Crippen molar-refractivity contribution in [3.05, 3.63) is 136 Å². The van der Waals surface area contributed by atoms with Crippen LogP contribution in [0.15, 0.2) is 118 Å². The normalized spacial score (nSPS) is 14.8. The van der Waals surface area contributed by atoms with Crippen LogP contribution in [0.4, 0.5) is 25.8 Å². The lowest BCUT2D eigenvalue weighted by Gasteiger charge is -2.26. The molecule has 1 aliphatic rings. The molecule has 0 saturated heterocycles. The number of aromatic nitrogens is 1. The van der Waals surface area contributed by atoms with Gasteiger partial charge >= 0.3 is 0 Å². The van der Waals surface area contributed by atoms with Crippen molar-refractivity contribution in [3.63, 3.8) is 0 Å². The Labute approximate surface area is 272 Å². The SMILES string of the molecule is COc1ccc(N(c2ccc(C)cc2)c2ccc(/C=C/c3ccc(C4=C(F)C(F)=C(/C=C(/C)C#N)C(=N)/C4=N\S)n3C)cc2)cc1. The molecule has 5 rings (SSSR count). The molecule has 4 aromatic rings. The van der Waals surface area contributed by atoms with Crippen molar-refractivity contribution in [2.24, 2.45) is 11.4 Å². The molecule has 0 radical (unpaired) electrons. The third-order valence-electron chi connectivity index (χ3n) is 7.67. The third kappa shape index (κ3) is 6.34. The average Bonchev–Trinajstić information content (AvgIpc) is 3.44. The highest BCUT2D eigenvalue weighted by molar-refractivity contribution is 7.79. The van der Waals surface area contributed by atoms with Crippen LogP contribution in [0.5, 0.6) is 5.75 Å². The molecule has 6 nitrogen and oxygen atoms in total. The average molecular weight is 632 g/mol. The quantitative estimate of drug-likeness (QED) is 0.115. The van der Waals surface area contributed by atoms with Crippen molar-refractivity contribution in [1.82, 2.24) is 4.57 Å². The number of thiol groups is 1. The Balaban J connectivity index is 1.45. The highest BCUT2D eigenvalue weighted by Gasteiger charge is 2.33. The molecule has 0 saturated carbocycles. The molecule has 0 bridgehead atoms. The van der Waals surface area contributed by atoms with E-state index in [4.69, 9.17) is 15.4 Å². The molecular formula is C37H31F2N5OS. The first-order valence-corrected chi connectivity index (χ1v) is 14.7. The van der Waals surface area contributed by atoms with Crippen LogP contribution in [0.2, 0.25) is 0 Å². The Morgan fingerprint density at radius 1 is 0.913 bits per heavy atom. The molecule has 9 heteroatoms. The van der Waals surface area contributed by atoms with Crippen LogP contribution in [-0.2, 0) is 7.05 Å². The van der Waals surface area contributed by atoms with Crippen molar-refractivity contribution in [2.45, 2.75) is 13.8 Å². The number of halogens is 2. The number of hydrogen-bond donors (Lipinski definition) is 2. The zero-order valence-electron chi connectivity index (χ0n) is 25.7. The van der Waals surface area contributed by atoms with Gasteiger partial charge in [-0.1, -0.05) is 35.9 Å². The van der Waals surface area contributed by atoms with Crippen LogP contribution in [0.1, 0.15) is 29.4 Å². The van der Waals surface area contributed by atoms with Gasteiger partial charge in [-0.3, -0.25) is 5.41 Å². The first-order chi connectivity index (χ1) is 22.2. The largest absolute Gasteiger partial charge is 0.497 e. The lowest BCUT2D eigenvalue weighted by atomic mass is 9.89. The van der Waals surface area contributed by atoms with E-state index in [0.717, 1.165) is 40.1 Å². The summed E-state index contributed by atoms with van der Waals surface area (Å²) in [4.78, 5) is 2.16. The first-order valence-electron chi connectivity index (χ1n) is 14.3. The van der Waals surface area contributed by atoms with Gasteiger partial charge in [0.1, 0.15) is 11.5 Å². The molecule has 1 heterocycles. The number of methoxy groups -OCH3 is 1. The van der Waals surface area contributed by atoms with Crippen molar-refractivity contribution >= 4 is 59.0 Å². The maximum absolute atomic E-state index is 15.5. The number of nitriles is 1. The molecule has 0 atom stereocenters. The van der Waals surface area contributed by atoms with Crippen LogP contribution in [-0.4, -0.2) is 23.1 Å². The van der Waals surface area contributed by atoms with E-state index in [0.29, 0.717) is 5.69 Å².